The summed E-state index contributed by atoms with van der Waals surface area (Å²) in [6, 6.07) is 6.09. The minimum absolute atomic E-state index is 0.414. The Morgan fingerprint density at radius 2 is 2.18 bits per heavy atom. The van der Waals surface area contributed by atoms with Crippen LogP contribution in [0.25, 0.3) is 0 Å². The molecule has 0 aliphatic carbocycles. The Morgan fingerprint density at radius 3 is 2.76 bits per heavy atom. The zero-order valence-electron chi connectivity index (χ0n) is 10.3. The Morgan fingerprint density at radius 1 is 1.41 bits per heavy atom. The summed E-state index contributed by atoms with van der Waals surface area (Å²) in [6.45, 7) is 6.01. The number of aliphatic hydroxyl groups excluding tert-OH is 1. The van der Waals surface area contributed by atoms with Crippen molar-refractivity contribution in [3.8, 4) is 0 Å². The first kappa shape index (κ1) is 12.7. The maximum Gasteiger partial charge on any atom is 0.0762 e. The van der Waals surface area contributed by atoms with Gasteiger partial charge < -0.3 is 10.0 Å². The van der Waals surface area contributed by atoms with Gasteiger partial charge in [0.05, 0.1) is 11.8 Å². The normalized spacial score (nSPS) is 17.9. The molecule has 1 unspecified atom stereocenters. The summed E-state index contributed by atoms with van der Waals surface area (Å²) in [5.74, 6) is 0. The molecule has 1 atom stereocenters. The molecule has 92 valence electrons. The Labute approximate surface area is 111 Å². The first-order chi connectivity index (χ1) is 8.08. The third-order valence-corrected chi connectivity index (χ3v) is 3.76. The Bertz CT molecular complexity index is 440. The van der Waals surface area contributed by atoms with E-state index in [0.29, 0.717) is 0 Å². The van der Waals surface area contributed by atoms with Crippen LogP contribution in [0.1, 0.15) is 31.9 Å². The summed E-state index contributed by atoms with van der Waals surface area (Å²) in [5, 5.41) is 9.55. The smallest absolute Gasteiger partial charge is 0.0762 e. The van der Waals surface area contributed by atoms with Gasteiger partial charge >= 0.3 is 0 Å². The van der Waals surface area contributed by atoms with Gasteiger partial charge in [-0.3, -0.25) is 0 Å². The molecule has 0 fully saturated rings. The van der Waals surface area contributed by atoms with Crippen LogP contribution in [-0.2, 0) is 0 Å². The lowest BCUT2D eigenvalue weighted by Crippen LogP contribution is -2.29. The molecular formula is C14H18BrNO. The summed E-state index contributed by atoms with van der Waals surface area (Å²) < 4.78 is 1.06. The predicted octanol–water partition coefficient (Wildman–Crippen LogP) is 3.66. The monoisotopic (exact) mass is 295 g/mol. The van der Waals surface area contributed by atoms with Gasteiger partial charge in [0.2, 0.25) is 0 Å². The van der Waals surface area contributed by atoms with Gasteiger partial charge in [0.1, 0.15) is 0 Å². The fourth-order valence-corrected chi connectivity index (χ4v) is 2.80. The molecule has 1 heterocycles. The van der Waals surface area contributed by atoms with Crippen molar-refractivity contribution in [3.05, 3.63) is 39.9 Å². The highest BCUT2D eigenvalue weighted by Crippen LogP contribution is 2.31. The minimum Gasteiger partial charge on any atom is -0.389 e. The minimum atomic E-state index is -0.414. The molecule has 1 aliphatic rings. The molecule has 17 heavy (non-hydrogen) atoms. The van der Waals surface area contributed by atoms with E-state index in [1.165, 1.54) is 11.3 Å². The van der Waals surface area contributed by atoms with E-state index in [9.17, 15) is 5.11 Å². The maximum absolute atomic E-state index is 9.55. The summed E-state index contributed by atoms with van der Waals surface area (Å²) in [7, 11) is 0. The summed E-state index contributed by atoms with van der Waals surface area (Å²) in [6.07, 6.45) is 2.99. The van der Waals surface area contributed by atoms with Crippen LogP contribution in [0.2, 0.25) is 0 Å². The Kier molecular flexibility index (Phi) is 3.89. The van der Waals surface area contributed by atoms with Crippen LogP contribution in [0, 0.1) is 0 Å². The Balaban J connectivity index is 2.25. The summed E-state index contributed by atoms with van der Waals surface area (Å²) >= 11 is 3.60. The SMILES string of the molecule is CC1=CCCN(c2ccc(C(C)O)cc2Br)C1. The van der Waals surface area contributed by atoms with Gasteiger partial charge in [0, 0.05) is 17.6 Å². The average molecular weight is 296 g/mol. The standard InChI is InChI=1S/C14H18BrNO/c1-10-4-3-7-16(9-10)14-6-5-12(11(2)17)8-13(14)15/h4-6,8,11,17H,3,7,9H2,1-2H3. The topological polar surface area (TPSA) is 23.5 Å². The number of anilines is 1. The third-order valence-electron chi connectivity index (χ3n) is 3.13. The van der Waals surface area contributed by atoms with Crippen LogP contribution in [0.15, 0.2) is 34.3 Å². The van der Waals surface area contributed by atoms with Gasteiger partial charge in [-0.1, -0.05) is 17.7 Å². The van der Waals surface area contributed by atoms with Crippen molar-refractivity contribution in [1.82, 2.24) is 0 Å². The second-order valence-corrected chi connectivity index (χ2v) is 5.50. The van der Waals surface area contributed by atoms with Crippen molar-refractivity contribution in [3.63, 3.8) is 0 Å². The van der Waals surface area contributed by atoms with E-state index in [2.05, 4.69) is 39.9 Å². The molecule has 0 saturated carbocycles. The Hall–Kier alpha value is -0.800. The van der Waals surface area contributed by atoms with E-state index < -0.39 is 6.10 Å². The first-order valence-corrected chi connectivity index (χ1v) is 6.75. The van der Waals surface area contributed by atoms with Gasteiger partial charge in [-0.15, -0.1) is 0 Å². The quantitative estimate of drug-likeness (QED) is 0.842. The van der Waals surface area contributed by atoms with Crippen molar-refractivity contribution in [2.75, 3.05) is 18.0 Å². The first-order valence-electron chi connectivity index (χ1n) is 5.96. The van der Waals surface area contributed by atoms with Gasteiger partial charge in [0.15, 0.2) is 0 Å². The van der Waals surface area contributed by atoms with E-state index in [1.807, 2.05) is 12.1 Å². The molecule has 0 aromatic heterocycles. The molecule has 0 bridgehead atoms. The van der Waals surface area contributed by atoms with E-state index in [1.54, 1.807) is 6.92 Å². The maximum atomic E-state index is 9.55. The van der Waals surface area contributed by atoms with Crippen molar-refractivity contribution >= 4 is 21.6 Å². The van der Waals surface area contributed by atoms with Gasteiger partial charge in [-0.05, 0) is 53.9 Å². The lowest BCUT2D eigenvalue weighted by atomic mass is 10.1. The largest absolute Gasteiger partial charge is 0.389 e. The van der Waals surface area contributed by atoms with Crippen molar-refractivity contribution in [2.24, 2.45) is 0 Å². The second-order valence-electron chi connectivity index (χ2n) is 4.65. The van der Waals surface area contributed by atoms with Crippen LogP contribution in [0.5, 0.6) is 0 Å². The molecular weight excluding hydrogens is 278 g/mol. The second kappa shape index (κ2) is 5.23. The van der Waals surface area contributed by atoms with E-state index in [-0.39, 0.29) is 0 Å². The zero-order chi connectivity index (χ0) is 12.4. The lowest BCUT2D eigenvalue weighted by molar-refractivity contribution is 0.199. The number of rotatable bonds is 2. The number of nitrogens with zero attached hydrogens (tertiary/aromatic N) is 1. The van der Waals surface area contributed by atoms with Crippen molar-refractivity contribution in [2.45, 2.75) is 26.4 Å². The molecule has 0 radical (unpaired) electrons. The molecule has 1 aromatic carbocycles. The van der Waals surface area contributed by atoms with Crippen LogP contribution < -0.4 is 4.90 Å². The van der Waals surface area contributed by atoms with Crippen LogP contribution >= 0.6 is 15.9 Å². The number of hydrogen-bond acceptors (Lipinski definition) is 2. The lowest BCUT2D eigenvalue weighted by Gasteiger charge is -2.29. The number of aliphatic hydroxyl groups is 1. The van der Waals surface area contributed by atoms with Crippen LogP contribution in [0.3, 0.4) is 0 Å². The molecule has 2 rings (SSSR count). The summed E-state index contributed by atoms with van der Waals surface area (Å²) in [5.41, 5.74) is 3.58. The molecule has 0 amide bonds. The average Bonchev–Trinajstić information content (AvgIpc) is 2.28. The fraction of sp³-hybridized carbons (Fsp3) is 0.429. The third kappa shape index (κ3) is 2.90. The molecule has 0 saturated heterocycles. The predicted molar refractivity (Wildman–Crippen MR) is 75.4 cm³/mol. The molecule has 3 heteroatoms. The molecule has 2 nitrogen and oxygen atoms in total. The summed E-state index contributed by atoms with van der Waals surface area (Å²) in [4.78, 5) is 2.37. The highest BCUT2D eigenvalue weighted by atomic mass is 79.9. The van der Waals surface area contributed by atoms with E-state index >= 15 is 0 Å². The van der Waals surface area contributed by atoms with Gasteiger partial charge in [-0.2, -0.15) is 0 Å². The fourth-order valence-electron chi connectivity index (χ4n) is 2.16. The molecule has 1 aromatic rings. The van der Waals surface area contributed by atoms with E-state index in [0.717, 1.165) is 29.5 Å². The van der Waals surface area contributed by atoms with Gasteiger partial charge in [-0.25, -0.2) is 0 Å². The number of hydrogen-bond donors (Lipinski definition) is 1. The number of benzene rings is 1. The van der Waals surface area contributed by atoms with Crippen LogP contribution in [0.4, 0.5) is 5.69 Å². The van der Waals surface area contributed by atoms with Crippen molar-refractivity contribution < 1.29 is 5.11 Å². The van der Waals surface area contributed by atoms with Gasteiger partial charge in [0.25, 0.3) is 0 Å². The highest BCUT2D eigenvalue weighted by molar-refractivity contribution is 9.10. The number of halogens is 1. The zero-order valence-corrected chi connectivity index (χ0v) is 11.9. The van der Waals surface area contributed by atoms with E-state index in [4.69, 9.17) is 0 Å². The molecule has 0 spiro atoms. The van der Waals surface area contributed by atoms with Crippen molar-refractivity contribution in [1.29, 1.82) is 0 Å². The highest BCUT2D eigenvalue weighted by Gasteiger charge is 2.14. The molecule has 1 N–H and O–H groups in total. The molecule has 1 aliphatic heterocycles. The van der Waals surface area contributed by atoms with Crippen LogP contribution in [-0.4, -0.2) is 18.2 Å².